The van der Waals surface area contributed by atoms with Gasteiger partial charge >= 0.3 is 0 Å². The zero-order valence-electron chi connectivity index (χ0n) is 9.89. The number of rotatable bonds is 2. The van der Waals surface area contributed by atoms with Gasteiger partial charge in [0.05, 0.1) is 12.7 Å². The average Bonchev–Trinajstić information content (AvgIpc) is 2.72. The summed E-state index contributed by atoms with van der Waals surface area (Å²) >= 11 is 0. The van der Waals surface area contributed by atoms with Gasteiger partial charge in [0, 0.05) is 25.6 Å². The number of hydrogen-bond acceptors (Lipinski definition) is 2. The maximum atomic E-state index is 13.4. The van der Waals surface area contributed by atoms with Crippen molar-refractivity contribution in [2.45, 2.75) is 37.7 Å². The molecular formula is C14H18FNO. The molecule has 2 fully saturated rings. The van der Waals surface area contributed by atoms with E-state index in [0.717, 1.165) is 19.7 Å². The molecule has 0 spiro atoms. The minimum atomic E-state index is -0.679. The number of ether oxygens (including phenoxy) is 1. The van der Waals surface area contributed by atoms with Crippen LogP contribution < -0.4 is 0 Å². The van der Waals surface area contributed by atoms with Crippen molar-refractivity contribution in [1.29, 1.82) is 0 Å². The smallest absolute Gasteiger partial charge is 0.104 e. The van der Waals surface area contributed by atoms with Crippen LogP contribution in [0.15, 0.2) is 30.3 Å². The molecule has 2 aliphatic rings. The van der Waals surface area contributed by atoms with E-state index in [1.807, 2.05) is 6.07 Å². The van der Waals surface area contributed by atoms with E-state index in [9.17, 15) is 4.39 Å². The van der Waals surface area contributed by atoms with Crippen molar-refractivity contribution in [2.24, 2.45) is 0 Å². The van der Waals surface area contributed by atoms with Crippen LogP contribution in [0.2, 0.25) is 0 Å². The zero-order chi connectivity index (χ0) is 11.7. The molecule has 1 heterocycles. The second-order valence-corrected chi connectivity index (χ2v) is 5.00. The lowest BCUT2D eigenvalue weighted by Crippen LogP contribution is -2.47. The van der Waals surface area contributed by atoms with Gasteiger partial charge in [-0.2, -0.15) is 0 Å². The number of benzene rings is 1. The van der Waals surface area contributed by atoms with E-state index in [-0.39, 0.29) is 12.1 Å². The van der Waals surface area contributed by atoms with Gasteiger partial charge in [0.15, 0.2) is 0 Å². The third kappa shape index (κ3) is 2.35. The molecule has 92 valence electrons. The first-order chi connectivity index (χ1) is 8.33. The van der Waals surface area contributed by atoms with Gasteiger partial charge < -0.3 is 4.74 Å². The van der Waals surface area contributed by atoms with Gasteiger partial charge in [-0.1, -0.05) is 30.3 Å². The van der Waals surface area contributed by atoms with Crippen LogP contribution in [0.3, 0.4) is 0 Å². The molecule has 1 aromatic rings. The van der Waals surface area contributed by atoms with Gasteiger partial charge in [-0.15, -0.1) is 0 Å². The third-order valence-electron chi connectivity index (χ3n) is 3.82. The Morgan fingerprint density at radius 3 is 2.88 bits per heavy atom. The molecular weight excluding hydrogens is 217 g/mol. The summed E-state index contributed by atoms with van der Waals surface area (Å²) in [4.78, 5) is 2.38. The van der Waals surface area contributed by atoms with E-state index in [1.165, 1.54) is 5.56 Å². The molecule has 0 aromatic heterocycles. The number of nitrogens with zero attached hydrogens (tertiary/aromatic N) is 1. The molecule has 1 aromatic carbocycles. The summed E-state index contributed by atoms with van der Waals surface area (Å²) in [5, 5.41) is 0. The highest BCUT2D eigenvalue weighted by Crippen LogP contribution is 2.32. The lowest BCUT2D eigenvalue weighted by atomic mass is 10.1. The van der Waals surface area contributed by atoms with Gasteiger partial charge in [-0.05, 0) is 12.0 Å². The molecule has 3 heteroatoms. The van der Waals surface area contributed by atoms with Crippen molar-refractivity contribution < 1.29 is 9.13 Å². The summed E-state index contributed by atoms with van der Waals surface area (Å²) in [7, 11) is 0. The van der Waals surface area contributed by atoms with Crippen molar-refractivity contribution in [1.82, 2.24) is 4.90 Å². The molecule has 2 nitrogen and oxygen atoms in total. The van der Waals surface area contributed by atoms with Crippen LogP contribution in [0.4, 0.5) is 4.39 Å². The molecule has 1 aliphatic carbocycles. The van der Waals surface area contributed by atoms with Gasteiger partial charge in [-0.25, -0.2) is 4.39 Å². The standard InChI is InChI=1S/C14H18FNO/c15-12-8-13-14(9-12)17-7-6-16(13)10-11-4-2-1-3-5-11/h1-5,12-14H,6-10H2/t12?,13-,14-/m1/s1. The second-order valence-electron chi connectivity index (χ2n) is 5.00. The summed E-state index contributed by atoms with van der Waals surface area (Å²) in [6, 6.07) is 10.7. The summed E-state index contributed by atoms with van der Waals surface area (Å²) in [6.45, 7) is 2.57. The molecule has 0 bridgehead atoms. The highest BCUT2D eigenvalue weighted by atomic mass is 19.1. The first-order valence-electron chi connectivity index (χ1n) is 6.36. The number of fused-ring (bicyclic) bond motifs is 1. The summed E-state index contributed by atoms with van der Waals surface area (Å²) in [5.74, 6) is 0. The number of hydrogen-bond donors (Lipinski definition) is 0. The Hall–Kier alpha value is -0.930. The van der Waals surface area contributed by atoms with Gasteiger partial charge in [0.1, 0.15) is 6.17 Å². The van der Waals surface area contributed by atoms with Crippen LogP contribution in [-0.4, -0.2) is 36.4 Å². The topological polar surface area (TPSA) is 12.5 Å². The van der Waals surface area contributed by atoms with E-state index in [1.54, 1.807) is 0 Å². The highest BCUT2D eigenvalue weighted by Gasteiger charge is 2.40. The maximum Gasteiger partial charge on any atom is 0.104 e. The lowest BCUT2D eigenvalue weighted by molar-refractivity contribution is -0.0590. The quantitative estimate of drug-likeness (QED) is 0.780. The SMILES string of the molecule is FC1C[C@@H]2[C@@H](C1)OCCN2Cc1ccccc1. The Morgan fingerprint density at radius 1 is 1.24 bits per heavy atom. The summed E-state index contributed by atoms with van der Waals surface area (Å²) in [6.07, 6.45) is 0.650. The van der Waals surface area contributed by atoms with Crippen molar-refractivity contribution >= 4 is 0 Å². The molecule has 0 N–H and O–H groups in total. The first kappa shape index (κ1) is 11.2. The maximum absolute atomic E-state index is 13.4. The lowest BCUT2D eigenvalue weighted by Gasteiger charge is -2.37. The molecule has 0 amide bonds. The van der Waals surface area contributed by atoms with Gasteiger partial charge in [0.25, 0.3) is 0 Å². The fourth-order valence-corrected chi connectivity index (χ4v) is 2.98. The fraction of sp³-hybridized carbons (Fsp3) is 0.571. The Kier molecular flexibility index (Phi) is 3.12. The largest absolute Gasteiger partial charge is 0.375 e. The monoisotopic (exact) mass is 235 g/mol. The van der Waals surface area contributed by atoms with Crippen LogP contribution >= 0.6 is 0 Å². The summed E-state index contributed by atoms with van der Waals surface area (Å²) < 4.78 is 19.1. The van der Waals surface area contributed by atoms with Gasteiger partial charge in [0.2, 0.25) is 0 Å². The van der Waals surface area contributed by atoms with Crippen molar-refractivity contribution in [3.63, 3.8) is 0 Å². The highest BCUT2D eigenvalue weighted by molar-refractivity contribution is 5.15. The minimum Gasteiger partial charge on any atom is -0.375 e. The van der Waals surface area contributed by atoms with E-state index in [4.69, 9.17) is 4.74 Å². The average molecular weight is 235 g/mol. The zero-order valence-corrected chi connectivity index (χ0v) is 9.89. The predicted molar refractivity (Wildman–Crippen MR) is 64.5 cm³/mol. The molecule has 0 radical (unpaired) electrons. The summed E-state index contributed by atoms with van der Waals surface area (Å²) in [5.41, 5.74) is 1.30. The molecule has 3 rings (SSSR count). The van der Waals surface area contributed by atoms with Crippen LogP contribution in [0.1, 0.15) is 18.4 Å². The van der Waals surface area contributed by atoms with Gasteiger partial charge in [-0.3, -0.25) is 4.90 Å². The van der Waals surface area contributed by atoms with Crippen molar-refractivity contribution in [3.8, 4) is 0 Å². The van der Waals surface area contributed by atoms with Crippen LogP contribution in [-0.2, 0) is 11.3 Å². The Bertz CT molecular complexity index is 370. The van der Waals surface area contributed by atoms with E-state index >= 15 is 0 Å². The van der Waals surface area contributed by atoms with Crippen LogP contribution in [0.5, 0.6) is 0 Å². The number of alkyl halides is 1. The molecule has 3 atom stereocenters. The number of halogens is 1. The second kappa shape index (κ2) is 4.75. The van der Waals surface area contributed by atoms with E-state index in [2.05, 4.69) is 29.2 Å². The molecule has 1 aliphatic heterocycles. The Morgan fingerprint density at radius 2 is 2.06 bits per heavy atom. The van der Waals surface area contributed by atoms with E-state index in [0.29, 0.717) is 12.8 Å². The Labute approximate surface area is 101 Å². The van der Waals surface area contributed by atoms with E-state index < -0.39 is 6.17 Å². The van der Waals surface area contributed by atoms with Crippen LogP contribution in [0, 0.1) is 0 Å². The molecule has 17 heavy (non-hydrogen) atoms. The normalized spacial score (nSPS) is 33.6. The van der Waals surface area contributed by atoms with Crippen molar-refractivity contribution in [3.05, 3.63) is 35.9 Å². The molecule has 1 unspecified atom stereocenters. The number of morpholine rings is 1. The molecule has 1 saturated heterocycles. The first-order valence-corrected chi connectivity index (χ1v) is 6.36. The van der Waals surface area contributed by atoms with Crippen LogP contribution in [0.25, 0.3) is 0 Å². The minimum absolute atomic E-state index is 0.113. The predicted octanol–water partition coefficient (Wildman–Crippen LogP) is 2.39. The molecule has 1 saturated carbocycles. The Balaban J connectivity index is 1.70. The third-order valence-corrected chi connectivity index (χ3v) is 3.82. The fourth-order valence-electron chi connectivity index (χ4n) is 2.98. The van der Waals surface area contributed by atoms with Crippen molar-refractivity contribution in [2.75, 3.05) is 13.2 Å².